The summed E-state index contributed by atoms with van der Waals surface area (Å²) in [6.45, 7) is 7.82. The lowest BCUT2D eigenvalue weighted by molar-refractivity contribution is -0.0400. The van der Waals surface area contributed by atoms with Crippen LogP contribution in [0.5, 0.6) is 0 Å². The second-order valence-corrected chi connectivity index (χ2v) is 6.29. The van der Waals surface area contributed by atoms with Crippen molar-refractivity contribution in [3.63, 3.8) is 0 Å². The summed E-state index contributed by atoms with van der Waals surface area (Å²) in [7, 11) is 0. The van der Waals surface area contributed by atoms with Crippen LogP contribution in [0.2, 0.25) is 0 Å². The van der Waals surface area contributed by atoms with Gasteiger partial charge >= 0.3 is 0 Å². The van der Waals surface area contributed by atoms with Crippen LogP contribution < -0.4 is 5.73 Å². The molecule has 19 heavy (non-hydrogen) atoms. The summed E-state index contributed by atoms with van der Waals surface area (Å²) in [5.74, 6) is 0.188. The number of nitrogens with two attached hydrogens (primary N) is 1. The third-order valence-electron chi connectivity index (χ3n) is 3.12. The van der Waals surface area contributed by atoms with Gasteiger partial charge in [0.15, 0.2) is 0 Å². The highest BCUT2D eigenvalue weighted by atomic mass is 32.1. The van der Waals surface area contributed by atoms with Gasteiger partial charge in [-0.2, -0.15) is 0 Å². The molecule has 1 aliphatic rings. The fourth-order valence-electron chi connectivity index (χ4n) is 2.28. The number of carbonyl (C=O) groups is 1. The summed E-state index contributed by atoms with van der Waals surface area (Å²) < 4.78 is 5.77. The summed E-state index contributed by atoms with van der Waals surface area (Å²) in [6.07, 6.45) is 1.39. The van der Waals surface area contributed by atoms with E-state index in [1.54, 1.807) is 5.38 Å². The minimum atomic E-state index is -0.456. The topological polar surface area (TPSA) is 68.5 Å². The highest BCUT2D eigenvalue weighted by molar-refractivity contribution is 7.09. The van der Waals surface area contributed by atoms with Crippen molar-refractivity contribution in [3.05, 3.63) is 16.1 Å². The zero-order valence-corrected chi connectivity index (χ0v) is 12.3. The average molecular weight is 283 g/mol. The third kappa shape index (κ3) is 4.26. The molecule has 2 rings (SSSR count). The second kappa shape index (κ2) is 6.45. The molecule has 1 unspecified atom stereocenters. The Bertz CT molecular complexity index is 433. The molecular weight excluding hydrogens is 262 g/mol. The number of hydrogen-bond acceptors (Lipinski definition) is 5. The SMILES string of the molecule is CC(C)CC1CN(Cc2nc(C(N)=O)cs2)CCO1. The van der Waals surface area contributed by atoms with Crippen LogP contribution in [0.4, 0.5) is 0 Å². The molecule has 0 spiro atoms. The molecule has 0 bridgehead atoms. The van der Waals surface area contributed by atoms with Crippen molar-refractivity contribution in [2.45, 2.75) is 32.9 Å². The monoisotopic (exact) mass is 283 g/mol. The second-order valence-electron chi connectivity index (χ2n) is 5.35. The summed E-state index contributed by atoms with van der Waals surface area (Å²) in [5, 5.41) is 2.67. The molecule has 1 aromatic heterocycles. The van der Waals surface area contributed by atoms with Crippen LogP contribution in [-0.2, 0) is 11.3 Å². The van der Waals surface area contributed by atoms with Crippen LogP contribution in [0.15, 0.2) is 5.38 Å². The Kier molecular flexibility index (Phi) is 4.90. The first-order valence-electron chi connectivity index (χ1n) is 6.62. The molecule has 1 aliphatic heterocycles. The highest BCUT2D eigenvalue weighted by Crippen LogP contribution is 2.17. The lowest BCUT2D eigenvalue weighted by atomic mass is 10.0. The lowest BCUT2D eigenvalue weighted by Gasteiger charge is -2.33. The van der Waals surface area contributed by atoms with Crippen molar-refractivity contribution in [2.75, 3.05) is 19.7 Å². The quantitative estimate of drug-likeness (QED) is 0.889. The number of ether oxygens (including phenoxy) is 1. The molecule has 106 valence electrons. The molecule has 0 aliphatic carbocycles. The maximum absolute atomic E-state index is 11.0. The minimum Gasteiger partial charge on any atom is -0.376 e. The molecule has 2 heterocycles. The van der Waals surface area contributed by atoms with E-state index in [0.717, 1.165) is 37.7 Å². The van der Waals surface area contributed by atoms with Gasteiger partial charge in [0.05, 0.1) is 19.3 Å². The van der Waals surface area contributed by atoms with Crippen molar-refractivity contribution >= 4 is 17.2 Å². The van der Waals surface area contributed by atoms with Crippen molar-refractivity contribution < 1.29 is 9.53 Å². The predicted octanol–water partition coefficient (Wildman–Crippen LogP) is 1.49. The van der Waals surface area contributed by atoms with Crippen LogP contribution in [0, 0.1) is 5.92 Å². The van der Waals surface area contributed by atoms with E-state index < -0.39 is 5.91 Å². The molecule has 1 saturated heterocycles. The van der Waals surface area contributed by atoms with Gasteiger partial charge in [0.25, 0.3) is 5.91 Å². The summed E-state index contributed by atoms with van der Waals surface area (Å²) in [5.41, 5.74) is 5.58. The first-order chi connectivity index (χ1) is 9.04. The zero-order valence-electron chi connectivity index (χ0n) is 11.5. The lowest BCUT2D eigenvalue weighted by Crippen LogP contribution is -2.42. The largest absolute Gasteiger partial charge is 0.376 e. The fourth-order valence-corrected chi connectivity index (χ4v) is 3.11. The van der Waals surface area contributed by atoms with Gasteiger partial charge in [-0.15, -0.1) is 11.3 Å². The van der Waals surface area contributed by atoms with Gasteiger partial charge in [-0.3, -0.25) is 9.69 Å². The minimum absolute atomic E-state index is 0.310. The Hall–Kier alpha value is -0.980. The van der Waals surface area contributed by atoms with Crippen molar-refractivity contribution in [3.8, 4) is 0 Å². The Morgan fingerprint density at radius 2 is 2.47 bits per heavy atom. The average Bonchev–Trinajstić information content (AvgIpc) is 2.77. The molecule has 0 aromatic carbocycles. The van der Waals surface area contributed by atoms with E-state index in [1.165, 1.54) is 11.3 Å². The van der Waals surface area contributed by atoms with E-state index in [9.17, 15) is 4.79 Å². The maximum atomic E-state index is 11.0. The molecule has 5 nitrogen and oxygen atoms in total. The van der Waals surface area contributed by atoms with E-state index in [2.05, 4.69) is 23.7 Å². The number of primary amides is 1. The highest BCUT2D eigenvalue weighted by Gasteiger charge is 2.22. The van der Waals surface area contributed by atoms with E-state index >= 15 is 0 Å². The van der Waals surface area contributed by atoms with Crippen LogP contribution in [0.25, 0.3) is 0 Å². The number of amides is 1. The maximum Gasteiger partial charge on any atom is 0.268 e. The molecule has 1 aromatic rings. The molecule has 6 heteroatoms. The Morgan fingerprint density at radius 3 is 3.11 bits per heavy atom. The first-order valence-corrected chi connectivity index (χ1v) is 7.50. The Labute approximate surface area is 117 Å². The van der Waals surface area contributed by atoms with Gasteiger partial charge in [-0.25, -0.2) is 4.98 Å². The van der Waals surface area contributed by atoms with Crippen LogP contribution >= 0.6 is 11.3 Å². The molecule has 1 fully saturated rings. The van der Waals surface area contributed by atoms with E-state index in [0.29, 0.717) is 17.7 Å². The molecule has 2 N–H and O–H groups in total. The third-order valence-corrected chi connectivity index (χ3v) is 3.95. The normalized spacial score (nSPS) is 20.9. The number of thiazole rings is 1. The zero-order chi connectivity index (χ0) is 13.8. The van der Waals surface area contributed by atoms with Crippen molar-refractivity contribution in [1.82, 2.24) is 9.88 Å². The number of rotatable bonds is 5. The Balaban J connectivity index is 1.89. The predicted molar refractivity (Wildman–Crippen MR) is 75.1 cm³/mol. The van der Waals surface area contributed by atoms with Crippen LogP contribution in [0.1, 0.15) is 35.8 Å². The Morgan fingerprint density at radius 1 is 1.68 bits per heavy atom. The summed E-state index contributed by atoms with van der Waals surface area (Å²) in [6, 6.07) is 0. The van der Waals surface area contributed by atoms with Gasteiger partial charge < -0.3 is 10.5 Å². The van der Waals surface area contributed by atoms with E-state index in [1.807, 2.05) is 0 Å². The standard InChI is InChI=1S/C13H21N3O2S/c1-9(2)5-10-6-16(3-4-18-10)7-12-15-11(8-19-12)13(14)17/h8-10H,3-7H2,1-2H3,(H2,14,17). The first kappa shape index (κ1) is 14.4. The number of hydrogen-bond donors (Lipinski definition) is 1. The van der Waals surface area contributed by atoms with Gasteiger partial charge in [0.2, 0.25) is 0 Å². The van der Waals surface area contributed by atoms with Crippen LogP contribution in [0.3, 0.4) is 0 Å². The van der Waals surface area contributed by atoms with Gasteiger partial charge in [0.1, 0.15) is 10.7 Å². The molecular formula is C13H21N3O2S. The molecule has 1 amide bonds. The number of nitrogens with zero attached hydrogens (tertiary/aromatic N) is 2. The summed E-state index contributed by atoms with van der Waals surface area (Å²) >= 11 is 1.49. The molecule has 0 radical (unpaired) electrons. The van der Waals surface area contributed by atoms with Crippen LogP contribution in [-0.4, -0.2) is 41.6 Å². The van der Waals surface area contributed by atoms with Gasteiger partial charge in [-0.1, -0.05) is 13.8 Å². The van der Waals surface area contributed by atoms with E-state index in [4.69, 9.17) is 10.5 Å². The molecule has 1 atom stereocenters. The van der Waals surface area contributed by atoms with Gasteiger partial charge in [-0.05, 0) is 12.3 Å². The van der Waals surface area contributed by atoms with Crippen molar-refractivity contribution in [1.29, 1.82) is 0 Å². The van der Waals surface area contributed by atoms with E-state index in [-0.39, 0.29) is 0 Å². The molecule has 0 saturated carbocycles. The fraction of sp³-hybridized carbons (Fsp3) is 0.692. The van der Waals surface area contributed by atoms with Crippen molar-refractivity contribution in [2.24, 2.45) is 11.7 Å². The van der Waals surface area contributed by atoms with Gasteiger partial charge in [0, 0.05) is 18.5 Å². The number of carbonyl (C=O) groups excluding carboxylic acids is 1. The number of morpholine rings is 1. The smallest absolute Gasteiger partial charge is 0.268 e. The summed E-state index contributed by atoms with van der Waals surface area (Å²) in [4.78, 5) is 17.6. The number of aromatic nitrogens is 1.